The van der Waals surface area contributed by atoms with Gasteiger partial charge in [-0.3, -0.25) is 0 Å². The number of rotatable bonds is 0. The van der Waals surface area contributed by atoms with Gasteiger partial charge in [0, 0.05) is 0 Å². The molecule has 1 aliphatic rings. The zero-order valence-corrected chi connectivity index (χ0v) is 7.99. The van der Waals surface area contributed by atoms with E-state index in [1.54, 1.807) is 12.8 Å². The SMILES string of the molecule is [H-].[H-].[In][CH]1CCCCC1. The van der Waals surface area contributed by atoms with Crippen molar-refractivity contribution in [1.29, 1.82) is 0 Å². The second-order valence-electron chi connectivity index (χ2n) is 2.40. The molecule has 1 rings (SSSR count). The van der Waals surface area contributed by atoms with E-state index >= 15 is 0 Å². The van der Waals surface area contributed by atoms with Gasteiger partial charge in [0.1, 0.15) is 0 Å². The predicted octanol–water partition coefficient (Wildman–Crippen LogP) is 2.13. The summed E-state index contributed by atoms with van der Waals surface area (Å²) in [6, 6.07) is 0. The van der Waals surface area contributed by atoms with Gasteiger partial charge in [-0.1, -0.05) is 0 Å². The van der Waals surface area contributed by atoms with Crippen LogP contribution in [-0.4, -0.2) is 24.4 Å². The molecule has 0 heterocycles. The summed E-state index contributed by atoms with van der Waals surface area (Å²) >= 11 is 1.51. The zero-order chi connectivity index (χ0) is 5.11. The first-order valence-corrected chi connectivity index (χ1v) is 5.05. The molecule has 0 amide bonds. The normalized spacial score (nSPS) is 25.1. The number of hydrogen-bond acceptors (Lipinski definition) is 0. The van der Waals surface area contributed by atoms with Crippen LogP contribution < -0.4 is 0 Å². The fourth-order valence-corrected chi connectivity index (χ4v) is 2.48. The van der Waals surface area contributed by atoms with Gasteiger partial charge >= 0.3 is 60.2 Å². The Bertz CT molecular complexity index is 53.0. The standard InChI is InChI=1S/C6H11.In.2H/c1-2-4-6-5-3-1;;;/h1H,2-6H2;;;/q;;2*-1. The van der Waals surface area contributed by atoms with Gasteiger partial charge in [-0.15, -0.1) is 0 Å². The maximum atomic E-state index is 1.54. The van der Waals surface area contributed by atoms with E-state index in [1.807, 2.05) is 0 Å². The van der Waals surface area contributed by atoms with Gasteiger partial charge in [0.25, 0.3) is 0 Å². The van der Waals surface area contributed by atoms with Crippen LogP contribution in [0.25, 0.3) is 0 Å². The molecule has 0 unspecified atom stereocenters. The number of hydrogen-bond donors (Lipinski definition) is 0. The van der Waals surface area contributed by atoms with Crippen LogP contribution in [0.3, 0.4) is 0 Å². The molecule has 1 aliphatic carbocycles. The molecule has 2 radical (unpaired) electrons. The Morgan fingerprint density at radius 1 is 1.14 bits per heavy atom. The van der Waals surface area contributed by atoms with E-state index in [9.17, 15) is 0 Å². The van der Waals surface area contributed by atoms with Crippen LogP contribution in [0.1, 0.15) is 35.0 Å². The summed E-state index contributed by atoms with van der Waals surface area (Å²) in [5.41, 5.74) is 0. The molecule has 0 nitrogen and oxygen atoms in total. The molecule has 0 saturated heterocycles. The minimum absolute atomic E-state index is 0. The molecule has 0 spiro atoms. The first-order chi connectivity index (χ1) is 3.39. The predicted molar refractivity (Wildman–Crippen MR) is 34.8 cm³/mol. The average molecular weight is 200 g/mol. The average Bonchev–Trinajstić information content (AvgIpc) is 1.69. The van der Waals surface area contributed by atoms with E-state index in [0.717, 1.165) is 0 Å². The van der Waals surface area contributed by atoms with Gasteiger partial charge in [-0.2, -0.15) is 0 Å². The van der Waals surface area contributed by atoms with Crippen LogP contribution in [0.4, 0.5) is 0 Å². The Labute approximate surface area is 63.2 Å². The molecule has 0 aromatic heterocycles. The van der Waals surface area contributed by atoms with E-state index in [-0.39, 0.29) is 2.85 Å². The third-order valence-electron chi connectivity index (χ3n) is 1.65. The molecule has 0 bridgehead atoms. The van der Waals surface area contributed by atoms with E-state index in [4.69, 9.17) is 0 Å². The summed E-state index contributed by atoms with van der Waals surface area (Å²) in [6.07, 6.45) is 7.64. The van der Waals surface area contributed by atoms with Crippen molar-refractivity contribution < 1.29 is 2.85 Å². The summed E-state index contributed by atoms with van der Waals surface area (Å²) in [6.45, 7) is 0. The minimum atomic E-state index is 0. The van der Waals surface area contributed by atoms with Crippen LogP contribution in [-0.2, 0) is 0 Å². The quantitative estimate of drug-likeness (QED) is 0.561. The maximum absolute atomic E-state index is 1.54. The van der Waals surface area contributed by atoms with Crippen LogP contribution in [0.2, 0.25) is 3.67 Å². The van der Waals surface area contributed by atoms with E-state index < -0.39 is 0 Å². The molecule has 0 N–H and O–H groups in total. The second kappa shape index (κ2) is 3.01. The van der Waals surface area contributed by atoms with Gasteiger partial charge in [-0.25, -0.2) is 0 Å². The summed E-state index contributed by atoms with van der Waals surface area (Å²) in [5.74, 6) is 0. The van der Waals surface area contributed by atoms with Crippen LogP contribution >= 0.6 is 0 Å². The zero-order valence-electron chi connectivity index (χ0n) is 6.69. The van der Waals surface area contributed by atoms with Gasteiger partial charge in [-0.05, 0) is 0 Å². The third kappa shape index (κ3) is 2.07. The van der Waals surface area contributed by atoms with Gasteiger partial charge < -0.3 is 2.85 Å². The third-order valence-corrected chi connectivity index (χ3v) is 3.55. The Balaban J connectivity index is 0. The first kappa shape index (κ1) is 6.00. The van der Waals surface area contributed by atoms with Gasteiger partial charge in [0.15, 0.2) is 0 Å². The van der Waals surface area contributed by atoms with Crippen molar-refractivity contribution in [3.8, 4) is 0 Å². The van der Waals surface area contributed by atoms with Crippen molar-refractivity contribution in [3.05, 3.63) is 0 Å². The van der Waals surface area contributed by atoms with Crippen LogP contribution in [0.15, 0.2) is 0 Å². The van der Waals surface area contributed by atoms with E-state index in [1.165, 1.54) is 47.3 Å². The van der Waals surface area contributed by atoms with Crippen molar-refractivity contribution in [3.63, 3.8) is 0 Å². The molecule has 1 heteroatoms. The Kier molecular flexibility index (Phi) is 2.58. The van der Waals surface area contributed by atoms with Crippen LogP contribution in [0, 0.1) is 0 Å². The monoisotopic (exact) mass is 200 g/mol. The van der Waals surface area contributed by atoms with Crippen molar-refractivity contribution in [2.45, 2.75) is 35.8 Å². The van der Waals surface area contributed by atoms with Crippen molar-refractivity contribution in [2.75, 3.05) is 0 Å². The molecule has 0 aromatic carbocycles. The first-order valence-electron chi connectivity index (χ1n) is 3.15. The summed E-state index contributed by atoms with van der Waals surface area (Å²) in [7, 11) is 0. The summed E-state index contributed by atoms with van der Waals surface area (Å²) < 4.78 is 1.17. The van der Waals surface area contributed by atoms with Crippen molar-refractivity contribution in [1.82, 2.24) is 0 Å². The summed E-state index contributed by atoms with van der Waals surface area (Å²) in [5, 5.41) is 0. The molecular formula is C6H13In-2. The van der Waals surface area contributed by atoms with Crippen molar-refractivity contribution >= 4 is 24.4 Å². The summed E-state index contributed by atoms with van der Waals surface area (Å²) in [4.78, 5) is 0. The van der Waals surface area contributed by atoms with E-state index in [2.05, 4.69) is 0 Å². The Hall–Kier alpha value is 0.870. The fraction of sp³-hybridized carbons (Fsp3) is 1.00. The molecule has 0 aliphatic heterocycles. The molecule has 42 valence electrons. The molecule has 1 fully saturated rings. The molecular weight excluding hydrogens is 187 g/mol. The Morgan fingerprint density at radius 2 is 1.71 bits per heavy atom. The molecule has 7 heavy (non-hydrogen) atoms. The molecule has 0 atom stereocenters. The van der Waals surface area contributed by atoms with Crippen LogP contribution in [0.5, 0.6) is 0 Å². The molecule has 1 saturated carbocycles. The topological polar surface area (TPSA) is 0 Å². The van der Waals surface area contributed by atoms with Gasteiger partial charge in [0.05, 0.1) is 0 Å². The van der Waals surface area contributed by atoms with Gasteiger partial charge in [0.2, 0.25) is 0 Å². The Morgan fingerprint density at radius 3 is 2.00 bits per heavy atom. The fourth-order valence-electron chi connectivity index (χ4n) is 1.13. The second-order valence-corrected chi connectivity index (χ2v) is 5.09. The van der Waals surface area contributed by atoms with E-state index in [0.29, 0.717) is 0 Å². The van der Waals surface area contributed by atoms with Crippen molar-refractivity contribution in [2.24, 2.45) is 0 Å². The molecule has 0 aromatic rings.